The number of anilines is 1. The van der Waals surface area contributed by atoms with Gasteiger partial charge in [0.1, 0.15) is 6.10 Å². The van der Waals surface area contributed by atoms with Crippen molar-refractivity contribution in [2.24, 2.45) is 0 Å². The van der Waals surface area contributed by atoms with Gasteiger partial charge in [-0.05, 0) is 35.4 Å². The summed E-state index contributed by atoms with van der Waals surface area (Å²) in [6, 6.07) is 10.7. The maximum atomic E-state index is 12.1. The van der Waals surface area contributed by atoms with Crippen LogP contribution in [0.25, 0.3) is 0 Å². The number of nitrogens with zero attached hydrogens (tertiary/aromatic N) is 1. The quantitative estimate of drug-likeness (QED) is 0.608. The smallest absolute Gasteiger partial charge is 0.319 e. The predicted octanol–water partition coefficient (Wildman–Crippen LogP) is 1.01. The van der Waals surface area contributed by atoms with E-state index < -0.39 is 6.10 Å². The number of hydrogen-bond donors (Lipinski definition) is 4. The first-order chi connectivity index (χ1) is 13.2. The number of benzene rings is 1. The number of nitrogens with one attached hydrogen (secondary N) is 4. The van der Waals surface area contributed by atoms with E-state index in [-0.39, 0.29) is 11.9 Å². The highest BCUT2D eigenvalue weighted by Crippen LogP contribution is 2.11. The predicted molar refractivity (Wildman–Crippen MR) is 101 cm³/mol. The largest absolute Gasteiger partial charge is 0.366 e. The summed E-state index contributed by atoms with van der Waals surface area (Å²) in [7, 11) is 0. The van der Waals surface area contributed by atoms with Crippen LogP contribution in [0.1, 0.15) is 11.1 Å². The van der Waals surface area contributed by atoms with Crippen molar-refractivity contribution in [1.29, 1.82) is 0 Å². The number of hydrogen-bond acceptors (Lipinski definition) is 5. The molecule has 1 fully saturated rings. The van der Waals surface area contributed by atoms with E-state index >= 15 is 0 Å². The number of rotatable bonds is 6. The lowest BCUT2D eigenvalue weighted by molar-refractivity contribution is -0.134. The van der Waals surface area contributed by atoms with Gasteiger partial charge >= 0.3 is 6.03 Å². The molecule has 1 saturated heterocycles. The van der Waals surface area contributed by atoms with Gasteiger partial charge in [0, 0.05) is 44.3 Å². The molecule has 142 valence electrons. The zero-order valence-corrected chi connectivity index (χ0v) is 14.9. The molecule has 27 heavy (non-hydrogen) atoms. The van der Waals surface area contributed by atoms with Crippen LogP contribution in [0.3, 0.4) is 0 Å². The van der Waals surface area contributed by atoms with Gasteiger partial charge < -0.3 is 26.0 Å². The first kappa shape index (κ1) is 18.8. The molecule has 1 aromatic carbocycles. The SMILES string of the molecule is O=C(NCc1ccncc1)Nc1cccc(CNC(=O)C2CNCCO2)c1. The Balaban J connectivity index is 1.46. The molecule has 2 heterocycles. The van der Waals surface area contributed by atoms with E-state index in [4.69, 9.17) is 4.74 Å². The van der Waals surface area contributed by atoms with Crippen molar-refractivity contribution < 1.29 is 14.3 Å². The summed E-state index contributed by atoms with van der Waals surface area (Å²) in [5, 5.41) is 11.6. The fourth-order valence-corrected chi connectivity index (χ4v) is 2.65. The molecule has 0 spiro atoms. The number of morpholine rings is 1. The van der Waals surface area contributed by atoms with E-state index in [1.54, 1.807) is 18.5 Å². The topological polar surface area (TPSA) is 104 Å². The Hall–Kier alpha value is -2.97. The van der Waals surface area contributed by atoms with Gasteiger partial charge in [0.25, 0.3) is 5.91 Å². The summed E-state index contributed by atoms with van der Waals surface area (Å²) in [4.78, 5) is 28.1. The number of carbonyl (C=O) groups excluding carboxylic acids is 2. The van der Waals surface area contributed by atoms with Gasteiger partial charge in [0.05, 0.1) is 6.61 Å². The highest BCUT2D eigenvalue weighted by atomic mass is 16.5. The monoisotopic (exact) mass is 369 g/mol. The third-order valence-corrected chi connectivity index (χ3v) is 4.07. The number of ether oxygens (including phenoxy) is 1. The highest BCUT2D eigenvalue weighted by Gasteiger charge is 2.21. The average molecular weight is 369 g/mol. The number of urea groups is 1. The Morgan fingerprint density at radius 2 is 1.93 bits per heavy atom. The van der Waals surface area contributed by atoms with Gasteiger partial charge in [-0.2, -0.15) is 0 Å². The minimum absolute atomic E-state index is 0.143. The summed E-state index contributed by atoms with van der Waals surface area (Å²) in [6.07, 6.45) is 2.90. The van der Waals surface area contributed by atoms with Crippen molar-refractivity contribution in [3.63, 3.8) is 0 Å². The van der Waals surface area contributed by atoms with E-state index in [1.807, 2.05) is 30.3 Å². The normalized spacial score (nSPS) is 16.4. The summed E-state index contributed by atoms with van der Waals surface area (Å²) in [5.41, 5.74) is 2.51. The number of carbonyl (C=O) groups is 2. The third kappa shape index (κ3) is 6.05. The van der Waals surface area contributed by atoms with Crippen molar-refractivity contribution in [2.45, 2.75) is 19.2 Å². The van der Waals surface area contributed by atoms with Crippen LogP contribution in [0.15, 0.2) is 48.8 Å². The Bertz CT molecular complexity index is 763. The first-order valence-electron chi connectivity index (χ1n) is 8.83. The van der Waals surface area contributed by atoms with Crippen molar-refractivity contribution >= 4 is 17.6 Å². The second kappa shape index (κ2) is 9.65. The molecule has 1 aromatic heterocycles. The molecule has 3 amide bonds. The van der Waals surface area contributed by atoms with Crippen LogP contribution in [0, 0.1) is 0 Å². The summed E-state index contributed by atoms with van der Waals surface area (Å²) in [5.74, 6) is -0.143. The van der Waals surface area contributed by atoms with Gasteiger partial charge in [0.15, 0.2) is 0 Å². The van der Waals surface area contributed by atoms with Crippen LogP contribution in [-0.4, -0.2) is 42.7 Å². The lowest BCUT2D eigenvalue weighted by Crippen LogP contribution is -2.47. The van der Waals surface area contributed by atoms with Crippen LogP contribution < -0.4 is 21.3 Å². The number of amides is 3. The molecule has 1 aliphatic rings. The first-order valence-corrected chi connectivity index (χ1v) is 8.83. The Morgan fingerprint density at radius 3 is 2.70 bits per heavy atom. The van der Waals surface area contributed by atoms with Gasteiger partial charge in [-0.1, -0.05) is 12.1 Å². The molecule has 4 N–H and O–H groups in total. The van der Waals surface area contributed by atoms with Gasteiger partial charge in [-0.15, -0.1) is 0 Å². The minimum atomic E-state index is -0.459. The van der Waals surface area contributed by atoms with E-state index in [0.29, 0.717) is 31.9 Å². The zero-order valence-electron chi connectivity index (χ0n) is 14.9. The summed E-state index contributed by atoms with van der Waals surface area (Å²) < 4.78 is 5.42. The molecule has 0 saturated carbocycles. The lowest BCUT2D eigenvalue weighted by Gasteiger charge is -2.22. The van der Waals surface area contributed by atoms with Crippen LogP contribution in [0.4, 0.5) is 10.5 Å². The van der Waals surface area contributed by atoms with Gasteiger partial charge in [-0.3, -0.25) is 9.78 Å². The standard InChI is InChI=1S/C19H23N5O3/c25-18(17-13-21-8-9-27-17)22-12-15-2-1-3-16(10-15)24-19(26)23-11-14-4-6-20-7-5-14/h1-7,10,17,21H,8-9,11-13H2,(H,22,25)(H2,23,24,26). The lowest BCUT2D eigenvalue weighted by atomic mass is 10.2. The molecule has 0 bridgehead atoms. The van der Waals surface area contributed by atoms with Gasteiger partial charge in [0.2, 0.25) is 0 Å². The fourth-order valence-electron chi connectivity index (χ4n) is 2.65. The molecule has 0 radical (unpaired) electrons. The van der Waals surface area contributed by atoms with Crippen LogP contribution >= 0.6 is 0 Å². The second-order valence-corrected chi connectivity index (χ2v) is 6.14. The maximum Gasteiger partial charge on any atom is 0.319 e. The summed E-state index contributed by atoms with van der Waals surface area (Å²) in [6.45, 7) is 2.60. The number of aromatic nitrogens is 1. The molecule has 1 unspecified atom stereocenters. The summed E-state index contributed by atoms with van der Waals surface area (Å²) >= 11 is 0. The van der Waals surface area contributed by atoms with Crippen LogP contribution in [0.5, 0.6) is 0 Å². The molecule has 1 atom stereocenters. The molecule has 8 heteroatoms. The minimum Gasteiger partial charge on any atom is -0.366 e. The Morgan fingerprint density at radius 1 is 1.11 bits per heavy atom. The van der Waals surface area contributed by atoms with E-state index in [0.717, 1.165) is 17.7 Å². The highest BCUT2D eigenvalue weighted by molar-refractivity contribution is 5.89. The van der Waals surface area contributed by atoms with E-state index in [2.05, 4.69) is 26.3 Å². The molecule has 2 aromatic rings. The number of pyridine rings is 1. The van der Waals surface area contributed by atoms with Gasteiger partial charge in [-0.25, -0.2) is 4.79 Å². The van der Waals surface area contributed by atoms with Crippen LogP contribution in [-0.2, 0) is 22.6 Å². The van der Waals surface area contributed by atoms with E-state index in [1.165, 1.54) is 0 Å². The molecule has 0 aliphatic carbocycles. The van der Waals surface area contributed by atoms with E-state index in [9.17, 15) is 9.59 Å². The molecular formula is C19H23N5O3. The molecule has 3 rings (SSSR count). The van der Waals surface area contributed by atoms with Crippen molar-refractivity contribution in [3.05, 3.63) is 59.9 Å². The Kier molecular flexibility index (Phi) is 6.72. The average Bonchev–Trinajstić information content (AvgIpc) is 2.72. The maximum absolute atomic E-state index is 12.1. The molecule has 1 aliphatic heterocycles. The molecular weight excluding hydrogens is 346 g/mol. The zero-order chi connectivity index (χ0) is 18.9. The third-order valence-electron chi connectivity index (χ3n) is 4.07. The van der Waals surface area contributed by atoms with Crippen LogP contribution in [0.2, 0.25) is 0 Å². The van der Waals surface area contributed by atoms with Crippen molar-refractivity contribution in [1.82, 2.24) is 20.9 Å². The molecule has 8 nitrogen and oxygen atoms in total. The van der Waals surface area contributed by atoms with Crippen molar-refractivity contribution in [3.8, 4) is 0 Å². The Labute approximate surface area is 157 Å². The second-order valence-electron chi connectivity index (χ2n) is 6.14. The fraction of sp³-hybridized carbons (Fsp3) is 0.316. The van der Waals surface area contributed by atoms with Crippen molar-refractivity contribution in [2.75, 3.05) is 25.0 Å².